The summed E-state index contributed by atoms with van der Waals surface area (Å²) in [6.07, 6.45) is 3.26. The van der Waals surface area contributed by atoms with Crippen LogP contribution in [0.15, 0.2) is 67.0 Å². The van der Waals surface area contributed by atoms with Crippen LogP contribution in [0.4, 0.5) is 5.69 Å². The number of rotatable bonds is 4. The first-order valence-electron chi connectivity index (χ1n) is 8.38. The quantitative estimate of drug-likeness (QED) is 0.717. The van der Waals surface area contributed by atoms with E-state index in [1.54, 1.807) is 29.4 Å². The van der Waals surface area contributed by atoms with Crippen LogP contribution in [0.1, 0.15) is 21.5 Å². The van der Waals surface area contributed by atoms with Gasteiger partial charge in [-0.05, 0) is 48.4 Å². The van der Waals surface area contributed by atoms with Crippen molar-refractivity contribution in [2.45, 2.75) is 13.5 Å². The van der Waals surface area contributed by atoms with Gasteiger partial charge in [-0.2, -0.15) is 0 Å². The first-order chi connectivity index (χ1) is 12.7. The maximum atomic E-state index is 13.2. The molecule has 0 fully saturated rings. The van der Waals surface area contributed by atoms with Gasteiger partial charge < -0.3 is 14.4 Å². The number of amides is 1. The van der Waals surface area contributed by atoms with Crippen molar-refractivity contribution in [3.8, 4) is 11.5 Å². The molecule has 1 aliphatic heterocycles. The molecule has 0 spiro atoms. The molecule has 0 N–H and O–H groups in total. The summed E-state index contributed by atoms with van der Waals surface area (Å²) in [5, 5.41) is 0. The molecule has 1 aliphatic rings. The number of fused-ring (bicyclic) bond motifs is 1. The van der Waals surface area contributed by atoms with Gasteiger partial charge >= 0.3 is 0 Å². The molecule has 5 heteroatoms. The number of pyridine rings is 1. The van der Waals surface area contributed by atoms with E-state index < -0.39 is 0 Å². The van der Waals surface area contributed by atoms with Crippen LogP contribution in [-0.2, 0) is 6.54 Å². The highest BCUT2D eigenvalue weighted by Crippen LogP contribution is 2.33. The van der Waals surface area contributed by atoms with E-state index in [0.29, 0.717) is 17.9 Å². The van der Waals surface area contributed by atoms with Gasteiger partial charge in [-0.15, -0.1) is 0 Å². The molecule has 2 aromatic carbocycles. The lowest BCUT2D eigenvalue weighted by atomic mass is 10.1. The van der Waals surface area contributed by atoms with Crippen LogP contribution in [0.5, 0.6) is 11.5 Å². The Morgan fingerprint density at radius 1 is 1.04 bits per heavy atom. The molecule has 2 heterocycles. The van der Waals surface area contributed by atoms with Crippen LogP contribution in [0.3, 0.4) is 0 Å². The van der Waals surface area contributed by atoms with Crippen molar-refractivity contribution in [3.63, 3.8) is 0 Å². The lowest BCUT2D eigenvalue weighted by molar-refractivity contribution is 0.0985. The Labute approximate surface area is 151 Å². The highest BCUT2D eigenvalue weighted by Gasteiger charge is 2.21. The van der Waals surface area contributed by atoms with Crippen LogP contribution in [-0.4, -0.2) is 17.7 Å². The van der Waals surface area contributed by atoms with Crippen molar-refractivity contribution in [2.75, 3.05) is 11.7 Å². The van der Waals surface area contributed by atoms with Crippen LogP contribution >= 0.6 is 0 Å². The number of hydrogen-bond acceptors (Lipinski definition) is 4. The van der Waals surface area contributed by atoms with Crippen molar-refractivity contribution in [1.82, 2.24) is 4.98 Å². The number of aromatic nitrogens is 1. The van der Waals surface area contributed by atoms with Gasteiger partial charge in [-0.25, -0.2) is 0 Å². The average Bonchev–Trinajstić information content (AvgIpc) is 3.15. The van der Waals surface area contributed by atoms with Crippen molar-refractivity contribution in [3.05, 3.63) is 83.7 Å². The van der Waals surface area contributed by atoms with E-state index in [0.717, 1.165) is 22.6 Å². The van der Waals surface area contributed by atoms with Crippen molar-refractivity contribution in [2.24, 2.45) is 0 Å². The Kier molecular flexibility index (Phi) is 4.27. The topological polar surface area (TPSA) is 51.7 Å². The zero-order chi connectivity index (χ0) is 17.9. The Bertz CT molecular complexity index is 941. The third kappa shape index (κ3) is 3.11. The van der Waals surface area contributed by atoms with Gasteiger partial charge in [0.25, 0.3) is 5.91 Å². The van der Waals surface area contributed by atoms with Crippen LogP contribution in [0, 0.1) is 6.92 Å². The smallest absolute Gasteiger partial charge is 0.258 e. The minimum Gasteiger partial charge on any atom is -0.454 e. The number of carbonyl (C=O) groups excluding carboxylic acids is 1. The molecule has 1 amide bonds. The summed E-state index contributed by atoms with van der Waals surface area (Å²) in [6, 6.07) is 17.1. The van der Waals surface area contributed by atoms with Gasteiger partial charge in [0, 0.05) is 23.6 Å². The summed E-state index contributed by atoms with van der Waals surface area (Å²) in [7, 11) is 0. The van der Waals surface area contributed by atoms with E-state index in [1.165, 1.54) is 0 Å². The largest absolute Gasteiger partial charge is 0.454 e. The first kappa shape index (κ1) is 16.1. The van der Waals surface area contributed by atoms with Gasteiger partial charge in [0.15, 0.2) is 11.5 Å². The van der Waals surface area contributed by atoms with E-state index in [1.807, 2.05) is 49.4 Å². The molecule has 5 nitrogen and oxygen atoms in total. The fraction of sp³-hybridized carbons (Fsp3) is 0.143. The van der Waals surface area contributed by atoms with Crippen molar-refractivity contribution in [1.29, 1.82) is 0 Å². The number of hydrogen-bond donors (Lipinski definition) is 0. The molecule has 0 bridgehead atoms. The molecule has 0 saturated heterocycles. The first-order valence-corrected chi connectivity index (χ1v) is 8.38. The van der Waals surface area contributed by atoms with Gasteiger partial charge in [-0.1, -0.05) is 24.3 Å². The summed E-state index contributed by atoms with van der Waals surface area (Å²) < 4.78 is 10.8. The molecule has 0 atom stereocenters. The van der Waals surface area contributed by atoms with Crippen LogP contribution < -0.4 is 14.4 Å². The SMILES string of the molecule is Cc1ccccc1N(Cc1ccc2c(c1)OCO2)C(=O)c1ccncc1. The molecule has 4 rings (SSSR count). The zero-order valence-electron chi connectivity index (χ0n) is 14.4. The second-order valence-corrected chi connectivity index (χ2v) is 6.10. The molecule has 0 aliphatic carbocycles. The number of aryl methyl sites for hydroxylation is 1. The normalized spacial score (nSPS) is 12.0. The van der Waals surface area contributed by atoms with E-state index in [4.69, 9.17) is 9.47 Å². The zero-order valence-corrected chi connectivity index (χ0v) is 14.4. The molecular formula is C21H18N2O3. The summed E-state index contributed by atoms with van der Waals surface area (Å²) in [6.45, 7) is 2.67. The number of nitrogens with zero attached hydrogens (tertiary/aromatic N) is 2. The van der Waals surface area contributed by atoms with Gasteiger partial charge in [0.2, 0.25) is 6.79 Å². The number of anilines is 1. The molecule has 26 heavy (non-hydrogen) atoms. The fourth-order valence-electron chi connectivity index (χ4n) is 3.00. The predicted molar refractivity (Wildman–Crippen MR) is 98.5 cm³/mol. The van der Waals surface area contributed by atoms with Crippen LogP contribution in [0.25, 0.3) is 0 Å². The maximum absolute atomic E-state index is 13.2. The second kappa shape index (κ2) is 6.88. The van der Waals surface area contributed by atoms with Gasteiger partial charge in [0.05, 0.1) is 6.54 Å². The summed E-state index contributed by atoms with van der Waals surface area (Å²) in [5.41, 5.74) is 3.49. The third-order valence-corrected chi connectivity index (χ3v) is 4.36. The molecular weight excluding hydrogens is 328 g/mol. The molecule has 1 aromatic heterocycles. The Hall–Kier alpha value is -3.34. The number of para-hydroxylation sites is 1. The Morgan fingerprint density at radius 3 is 2.62 bits per heavy atom. The van der Waals surface area contributed by atoms with Gasteiger partial charge in [0.1, 0.15) is 0 Å². The van der Waals surface area contributed by atoms with Crippen molar-refractivity contribution < 1.29 is 14.3 Å². The molecule has 0 radical (unpaired) electrons. The number of ether oxygens (including phenoxy) is 2. The van der Waals surface area contributed by atoms with Crippen molar-refractivity contribution >= 4 is 11.6 Å². The van der Waals surface area contributed by atoms with E-state index >= 15 is 0 Å². The molecule has 0 unspecified atom stereocenters. The average molecular weight is 346 g/mol. The summed E-state index contributed by atoms with van der Waals surface area (Å²) in [5.74, 6) is 1.37. The lowest BCUT2D eigenvalue weighted by Gasteiger charge is -2.25. The van der Waals surface area contributed by atoms with E-state index in [9.17, 15) is 4.79 Å². The minimum absolute atomic E-state index is 0.0700. The number of carbonyl (C=O) groups is 1. The van der Waals surface area contributed by atoms with E-state index in [-0.39, 0.29) is 12.7 Å². The monoisotopic (exact) mass is 346 g/mol. The highest BCUT2D eigenvalue weighted by atomic mass is 16.7. The lowest BCUT2D eigenvalue weighted by Crippen LogP contribution is -2.31. The molecule has 130 valence electrons. The predicted octanol–water partition coefficient (Wildman–Crippen LogP) is 3.97. The maximum Gasteiger partial charge on any atom is 0.258 e. The van der Waals surface area contributed by atoms with E-state index in [2.05, 4.69) is 4.98 Å². The van der Waals surface area contributed by atoms with Crippen LogP contribution in [0.2, 0.25) is 0 Å². The summed E-state index contributed by atoms with van der Waals surface area (Å²) >= 11 is 0. The second-order valence-electron chi connectivity index (χ2n) is 6.10. The third-order valence-electron chi connectivity index (χ3n) is 4.36. The standard InChI is InChI=1S/C21H18N2O3/c1-15-4-2-3-5-18(15)23(21(24)17-8-10-22-11-9-17)13-16-6-7-19-20(12-16)26-14-25-19/h2-12H,13-14H2,1H3. The minimum atomic E-state index is -0.0700. The Balaban J connectivity index is 1.71. The van der Waals surface area contributed by atoms with Gasteiger partial charge in [-0.3, -0.25) is 9.78 Å². The molecule has 0 saturated carbocycles. The number of benzene rings is 2. The molecule has 3 aromatic rings. The summed E-state index contributed by atoms with van der Waals surface area (Å²) in [4.78, 5) is 19.0. The fourth-order valence-corrected chi connectivity index (χ4v) is 3.00. The Morgan fingerprint density at radius 2 is 1.81 bits per heavy atom. The highest BCUT2D eigenvalue weighted by molar-refractivity contribution is 6.06.